The quantitative estimate of drug-likeness (QED) is 0.590. The Morgan fingerprint density at radius 1 is 1.16 bits per heavy atom. The average Bonchev–Trinajstić information content (AvgIpc) is 2.46. The number of carbonyl (C=O) groups excluding carboxylic acids is 1. The van der Waals surface area contributed by atoms with Gasteiger partial charge in [-0.05, 0) is 29.2 Å². The van der Waals surface area contributed by atoms with E-state index in [-0.39, 0.29) is 5.97 Å². The highest BCUT2D eigenvalue weighted by Gasteiger charge is 1.98. The Labute approximate surface area is 113 Å². The molecule has 0 radical (unpaired) electrons. The second-order valence-corrected chi connectivity index (χ2v) is 4.44. The number of ether oxygens (including phenoxy) is 1. The zero-order valence-corrected chi connectivity index (χ0v) is 11.1. The molecule has 0 aliphatic carbocycles. The second kappa shape index (κ2) is 6.74. The van der Waals surface area contributed by atoms with Crippen LogP contribution in [0.4, 0.5) is 0 Å². The molecule has 0 aliphatic heterocycles. The van der Waals surface area contributed by atoms with E-state index < -0.39 is 0 Å². The molecule has 0 spiro atoms. The van der Waals surface area contributed by atoms with Crippen LogP contribution in [-0.2, 0) is 9.53 Å². The Bertz CT molecular complexity index is 579. The van der Waals surface area contributed by atoms with Crippen LogP contribution in [0, 0.1) is 0 Å². The highest BCUT2D eigenvalue weighted by molar-refractivity contribution is 5.90. The molecule has 0 N–H and O–H groups in total. The Hall–Kier alpha value is -2.09. The highest BCUT2D eigenvalue weighted by atomic mass is 16.5. The molecule has 0 atom stereocenters. The lowest BCUT2D eigenvalue weighted by molar-refractivity contribution is -0.140. The number of unbranched alkanes of at least 4 members (excludes halogenated alkanes) is 1. The minimum Gasteiger partial charge on any atom is -0.469 e. The third-order valence-corrected chi connectivity index (χ3v) is 3.10. The lowest BCUT2D eigenvalue weighted by atomic mass is 10.0. The number of allylic oxidation sites excluding steroid dienone is 1. The fourth-order valence-corrected chi connectivity index (χ4v) is 2.07. The van der Waals surface area contributed by atoms with Crippen molar-refractivity contribution >= 4 is 22.8 Å². The first-order chi connectivity index (χ1) is 9.31. The van der Waals surface area contributed by atoms with Crippen LogP contribution in [0.3, 0.4) is 0 Å². The topological polar surface area (TPSA) is 26.3 Å². The van der Waals surface area contributed by atoms with Crippen molar-refractivity contribution < 1.29 is 9.53 Å². The molecule has 19 heavy (non-hydrogen) atoms. The first-order valence-electron chi connectivity index (χ1n) is 6.52. The van der Waals surface area contributed by atoms with Gasteiger partial charge < -0.3 is 4.74 Å². The highest BCUT2D eigenvalue weighted by Crippen LogP contribution is 2.19. The van der Waals surface area contributed by atoms with E-state index in [0.717, 1.165) is 12.8 Å². The minimum atomic E-state index is -0.140. The van der Waals surface area contributed by atoms with Gasteiger partial charge in [0.1, 0.15) is 0 Å². The van der Waals surface area contributed by atoms with Gasteiger partial charge in [0.15, 0.2) is 0 Å². The first-order valence-corrected chi connectivity index (χ1v) is 6.52. The molecule has 0 aliphatic rings. The molecule has 0 amide bonds. The maximum absolute atomic E-state index is 11.0. The molecule has 0 heterocycles. The molecule has 2 aromatic rings. The number of hydrogen-bond acceptors (Lipinski definition) is 2. The average molecular weight is 254 g/mol. The van der Waals surface area contributed by atoms with Crippen LogP contribution >= 0.6 is 0 Å². The number of rotatable bonds is 5. The van der Waals surface area contributed by atoms with Gasteiger partial charge in [0, 0.05) is 6.42 Å². The molecule has 0 saturated heterocycles. The number of hydrogen-bond donors (Lipinski definition) is 0. The fraction of sp³-hybridized carbons (Fsp3) is 0.235. The molecule has 2 aromatic carbocycles. The van der Waals surface area contributed by atoms with E-state index in [0.29, 0.717) is 6.42 Å². The van der Waals surface area contributed by atoms with Gasteiger partial charge in [-0.2, -0.15) is 0 Å². The fourth-order valence-electron chi connectivity index (χ4n) is 2.07. The standard InChI is InChI=1S/C17H18O2/c1-19-17(18)13-4-2-3-8-14-10-7-11-15-9-5-6-12-16(14)15/h3,5-12H,2,4,13H2,1H3/b8-3+. The van der Waals surface area contributed by atoms with Crippen molar-refractivity contribution in [3.05, 3.63) is 54.1 Å². The summed E-state index contributed by atoms with van der Waals surface area (Å²) < 4.78 is 4.61. The van der Waals surface area contributed by atoms with E-state index >= 15 is 0 Å². The Morgan fingerprint density at radius 3 is 2.79 bits per heavy atom. The summed E-state index contributed by atoms with van der Waals surface area (Å²) in [7, 11) is 1.42. The first kappa shape index (κ1) is 13.3. The largest absolute Gasteiger partial charge is 0.469 e. The predicted molar refractivity (Wildman–Crippen MR) is 78.8 cm³/mol. The molecule has 2 rings (SSSR count). The van der Waals surface area contributed by atoms with Crippen molar-refractivity contribution in [3.63, 3.8) is 0 Å². The van der Waals surface area contributed by atoms with Gasteiger partial charge >= 0.3 is 5.97 Å². The van der Waals surface area contributed by atoms with Crippen LogP contribution in [0.25, 0.3) is 16.8 Å². The maximum Gasteiger partial charge on any atom is 0.305 e. The number of methoxy groups -OCH3 is 1. The van der Waals surface area contributed by atoms with Crippen molar-refractivity contribution in [1.29, 1.82) is 0 Å². The van der Waals surface area contributed by atoms with Gasteiger partial charge in [-0.25, -0.2) is 0 Å². The van der Waals surface area contributed by atoms with E-state index in [1.165, 1.54) is 23.4 Å². The summed E-state index contributed by atoms with van der Waals surface area (Å²) in [5.41, 5.74) is 1.22. The predicted octanol–water partition coefficient (Wildman–Crippen LogP) is 4.20. The van der Waals surface area contributed by atoms with Crippen LogP contribution in [0.15, 0.2) is 48.5 Å². The SMILES string of the molecule is COC(=O)CCC/C=C/c1cccc2ccccc12. The summed E-state index contributed by atoms with van der Waals surface area (Å²) in [6.07, 6.45) is 6.44. The number of esters is 1. The van der Waals surface area contributed by atoms with Crippen LogP contribution in [0.2, 0.25) is 0 Å². The Balaban J connectivity index is 1.99. The molecule has 0 bridgehead atoms. The van der Waals surface area contributed by atoms with Crippen LogP contribution in [0.5, 0.6) is 0 Å². The van der Waals surface area contributed by atoms with Crippen molar-refractivity contribution in [2.75, 3.05) is 7.11 Å². The van der Waals surface area contributed by atoms with E-state index in [1.807, 2.05) is 6.07 Å². The van der Waals surface area contributed by atoms with Crippen LogP contribution < -0.4 is 0 Å². The summed E-state index contributed by atoms with van der Waals surface area (Å²) in [5.74, 6) is -0.140. The summed E-state index contributed by atoms with van der Waals surface area (Å²) in [5, 5.41) is 2.51. The van der Waals surface area contributed by atoms with E-state index in [2.05, 4.69) is 53.3 Å². The van der Waals surface area contributed by atoms with E-state index in [4.69, 9.17) is 0 Å². The smallest absolute Gasteiger partial charge is 0.305 e. The lowest BCUT2D eigenvalue weighted by Crippen LogP contribution is -1.98. The third-order valence-electron chi connectivity index (χ3n) is 3.10. The molecule has 0 aromatic heterocycles. The van der Waals surface area contributed by atoms with Crippen LogP contribution in [-0.4, -0.2) is 13.1 Å². The zero-order chi connectivity index (χ0) is 13.5. The Kier molecular flexibility index (Phi) is 4.73. The van der Waals surface area contributed by atoms with Crippen molar-refractivity contribution in [1.82, 2.24) is 0 Å². The van der Waals surface area contributed by atoms with Crippen molar-refractivity contribution in [3.8, 4) is 0 Å². The van der Waals surface area contributed by atoms with Gasteiger partial charge in [0.2, 0.25) is 0 Å². The summed E-state index contributed by atoms with van der Waals surface area (Å²) in [6.45, 7) is 0. The molecule has 0 unspecified atom stereocenters. The molecule has 98 valence electrons. The summed E-state index contributed by atoms with van der Waals surface area (Å²) in [6, 6.07) is 14.6. The second-order valence-electron chi connectivity index (χ2n) is 4.44. The molecule has 2 heteroatoms. The third kappa shape index (κ3) is 3.68. The number of benzene rings is 2. The monoisotopic (exact) mass is 254 g/mol. The van der Waals surface area contributed by atoms with Crippen LogP contribution in [0.1, 0.15) is 24.8 Å². The van der Waals surface area contributed by atoms with Gasteiger partial charge in [-0.3, -0.25) is 4.79 Å². The van der Waals surface area contributed by atoms with Gasteiger partial charge in [0.25, 0.3) is 0 Å². The van der Waals surface area contributed by atoms with Gasteiger partial charge in [0.05, 0.1) is 7.11 Å². The summed E-state index contributed by atoms with van der Waals surface area (Å²) >= 11 is 0. The van der Waals surface area contributed by atoms with E-state index in [1.54, 1.807) is 0 Å². The normalized spacial score (nSPS) is 11.0. The zero-order valence-electron chi connectivity index (χ0n) is 11.1. The maximum atomic E-state index is 11.0. The van der Waals surface area contributed by atoms with E-state index in [9.17, 15) is 4.79 Å². The van der Waals surface area contributed by atoms with Gasteiger partial charge in [-0.1, -0.05) is 54.6 Å². The summed E-state index contributed by atoms with van der Waals surface area (Å²) in [4.78, 5) is 11.0. The molecule has 2 nitrogen and oxygen atoms in total. The molecular weight excluding hydrogens is 236 g/mol. The molecule has 0 saturated carbocycles. The lowest BCUT2D eigenvalue weighted by Gasteiger charge is -2.01. The van der Waals surface area contributed by atoms with Crippen molar-refractivity contribution in [2.24, 2.45) is 0 Å². The van der Waals surface area contributed by atoms with Gasteiger partial charge in [-0.15, -0.1) is 0 Å². The van der Waals surface area contributed by atoms with Crippen molar-refractivity contribution in [2.45, 2.75) is 19.3 Å². The Morgan fingerprint density at radius 2 is 1.95 bits per heavy atom. The number of carbonyl (C=O) groups is 1. The minimum absolute atomic E-state index is 0.140. The molecule has 0 fully saturated rings. The molecular formula is C17H18O2. The number of fused-ring (bicyclic) bond motifs is 1.